The Labute approximate surface area is 123 Å². The normalized spacial score (nSPS) is 25.8. The van der Waals surface area contributed by atoms with Gasteiger partial charge in [0, 0.05) is 18.3 Å². The van der Waals surface area contributed by atoms with Crippen LogP contribution in [-0.2, 0) is 9.59 Å². The number of fused-ring (bicyclic) bond motifs is 2. The maximum Gasteiger partial charge on any atom is 0.313 e. The van der Waals surface area contributed by atoms with Gasteiger partial charge in [-0.1, -0.05) is 18.2 Å². The van der Waals surface area contributed by atoms with Crippen molar-refractivity contribution in [1.82, 2.24) is 5.32 Å². The summed E-state index contributed by atoms with van der Waals surface area (Å²) < 4.78 is 0. The molecule has 0 aromatic heterocycles. The van der Waals surface area contributed by atoms with Crippen molar-refractivity contribution in [3.8, 4) is 5.75 Å². The molecule has 110 valence electrons. The van der Waals surface area contributed by atoms with Gasteiger partial charge in [-0.15, -0.1) is 0 Å². The van der Waals surface area contributed by atoms with E-state index in [2.05, 4.69) is 22.8 Å². The predicted octanol–water partition coefficient (Wildman–Crippen LogP) is 1.66. The second-order valence-electron chi connectivity index (χ2n) is 5.75. The third-order valence-electron chi connectivity index (χ3n) is 4.25. The first-order chi connectivity index (χ1) is 10.1. The van der Waals surface area contributed by atoms with Gasteiger partial charge >= 0.3 is 11.8 Å². The Morgan fingerprint density at radius 2 is 2.05 bits per heavy atom. The molecule has 0 aliphatic heterocycles. The molecule has 3 atom stereocenters. The Hall–Kier alpha value is -2.30. The first-order valence-corrected chi connectivity index (χ1v) is 7.18. The molecule has 0 spiro atoms. The van der Waals surface area contributed by atoms with Gasteiger partial charge in [0.05, 0.1) is 0 Å². The van der Waals surface area contributed by atoms with E-state index in [0.29, 0.717) is 30.0 Å². The molecule has 5 heteroatoms. The number of rotatable bonds is 3. The van der Waals surface area contributed by atoms with Crippen LogP contribution in [0.25, 0.3) is 0 Å². The average Bonchev–Trinajstić information content (AvgIpc) is 3.07. The van der Waals surface area contributed by atoms with E-state index in [0.717, 1.165) is 6.42 Å². The number of allylic oxidation sites excluding steroid dienone is 2. The summed E-state index contributed by atoms with van der Waals surface area (Å²) in [6, 6.07) is 6.11. The third-order valence-corrected chi connectivity index (χ3v) is 4.25. The molecule has 1 fully saturated rings. The summed E-state index contributed by atoms with van der Waals surface area (Å²) >= 11 is 0. The molecule has 0 unspecified atom stereocenters. The highest BCUT2D eigenvalue weighted by atomic mass is 16.3. The first-order valence-electron chi connectivity index (χ1n) is 7.18. The van der Waals surface area contributed by atoms with Gasteiger partial charge in [0.1, 0.15) is 5.75 Å². The van der Waals surface area contributed by atoms with Gasteiger partial charge in [-0.2, -0.15) is 0 Å². The minimum Gasteiger partial charge on any atom is -0.508 e. The summed E-state index contributed by atoms with van der Waals surface area (Å²) in [6.07, 6.45) is 6.74. The molecule has 0 saturated heterocycles. The molecule has 1 aromatic carbocycles. The zero-order valence-electron chi connectivity index (χ0n) is 11.6. The predicted molar refractivity (Wildman–Crippen MR) is 78.6 cm³/mol. The third kappa shape index (κ3) is 3.07. The van der Waals surface area contributed by atoms with Crippen LogP contribution in [0.4, 0.5) is 5.69 Å². The SMILES string of the molecule is O=C(NC[C@H]1C[C@@H]2C=C[C@H]1C2)C(=O)Nc1cccc(O)c1. The molecule has 21 heavy (non-hydrogen) atoms. The topological polar surface area (TPSA) is 78.4 Å². The molecule has 1 aromatic rings. The fourth-order valence-electron chi connectivity index (χ4n) is 3.20. The first kappa shape index (κ1) is 13.7. The lowest BCUT2D eigenvalue weighted by atomic mass is 9.94. The molecule has 3 rings (SSSR count). The molecule has 2 aliphatic rings. The molecular formula is C16H18N2O3. The van der Waals surface area contributed by atoms with Gasteiger partial charge in [-0.25, -0.2) is 0 Å². The van der Waals surface area contributed by atoms with Gasteiger partial charge in [-0.3, -0.25) is 9.59 Å². The van der Waals surface area contributed by atoms with Crippen LogP contribution < -0.4 is 10.6 Å². The minimum absolute atomic E-state index is 0.0435. The standard InChI is InChI=1S/C16H18N2O3/c19-14-3-1-2-13(8-14)18-16(21)15(20)17-9-12-7-10-4-5-11(12)6-10/h1-5,8,10-12,19H,6-7,9H2,(H,17,20)(H,18,21)/t10-,11+,12-/m1/s1. The molecule has 5 nitrogen and oxygen atoms in total. The number of benzene rings is 1. The van der Waals surface area contributed by atoms with E-state index >= 15 is 0 Å². The summed E-state index contributed by atoms with van der Waals surface area (Å²) in [4.78, 5) is 23.6. The summed E-state index contributed by atoms with van der Waals surface area (Å²) in [7, 11) is 0. The summed E-state index contributed by atoms with van der Waals surface area (Å²) in [5.74, 6) is 0.339. The maximum absolute atomic E-state index is 11.8. The smallest absolute Gasteiger partial charge is 0.313 e. The highest BCUT2D eigenvalue weighted by molar-refractivity contribution is 6.39. The highest BCUT2D eigenvalue weighted by Gasteiger charge is 2.35. The molecule has 1 saturated carbocycles. The molecule has 2 amide bonds. The van der Waals surface area contributed by atoms with Crippen molar-refractivity contribution in [3.05, 3.63) is 36.4 Å². The quantitative estimate of drug-likeness (QED) is 0.584. The summed E-state index contributed by atoms with van der Waals surface area (Å²) in [5, 5.41) is 14.5. The number of hydrogen-bond acceptors (Lipinski definition) is 3. The number of nitrogens with one attached hydrogen (secondary N) is 2. The molecule has 0 heterocycles. The van der Waals surface area contributed by atoms with Crippen molar-refractivity contribution in [2.24, 2.45) is 17.8 Å². The number of amides is 2. The lowest BCUT2D eigenvalue weighted by molar-refractivity contribution is -0.136. The number of phenolic OH excluding ortho intramolecular Hbond substituents is 1. The Morgan fingerprint density at radius 3 is 2.71 bits per heavy atom. The van der Waals surface area contributed by atoms with Gasteiger partial charge in [-0.05, 0) is 42.7 Å². The van der Waals surface area contributed by atoms with Gasteiger partial charge in [0.15, 0.2) is 0 Å². The molecular weight excluding hydrogens is 268 g/mol. The van der Waals surface area contributed by atoms with E-state index in [1.165, 1.54) is 18.6 Å². The van der Waals surface area contributed by atoms with E-state index in [1.54, 1.807) is 12.1 Å². The van der Waals surface area contributed by atoms with E-state index in [-0.39, 0.29) is 5.75 Å². The summed E-state index contributed by atoms with van der Waals surface area (Å²) in [6.45, 7) is 0.539. The Balaban J connectivity index is 1.49. The Kier molecular flexibility index (Phi) is 3.64. The highest BCUT2D eigenvalue weighted by Crippen LogP contribution is 2.42. The van der Waals surface area contributed by atoms with Crippen LogP contribution in [0.1, 0.15) is 12.8 Å². The van der Waals surface area contributed by atoms with Crippen LogP contribution in [-0.4, -0.2) is 23.5 Å². The fraction of sp³-hybridized carbons (Fsp3) is 0.375. The fourth-order valence-corrected chi connectivity index (χ4v) is 3.20. The number of aromatic hydroxyl groups is 1. The number of phenols is 1. The Morgan fingerprint density at radius 1 is 1.19 bits per heavy atom. The number of carbonyl (C=O) groups excluding carboxylic acids is 2. The van der Waals surface area contributed by atoms with Gasteiger partial charge in [0.2, 0.25) is 0 Å². The van der Waals surface area contributed by atoms with Crippen molar-refractivity contribution in [1.29, 1.82) is 0 Å². The van der Waals surface area contributed by atoms with Gasteiger partial charge < -0.3 is 15.7 Å². The average molecular weight is 286 g/mol. The number of anilines is 1. The second-order valence-corrected chi connectivity index (χ2v) is 5.75. The van der Waals surface area contributed by atoms with Crippen LogP contribution in [0.15, 0.2) is 36.4 Å². The van der Waals surface area contributed by atoms with Crippen LogP contribution in [0.5, 0.6) is 5.75 Å². The molecule has 0 radical (unpaired) electrons. The number of carbonyl (C=O) groups is 2. The minimum atomic E-state index is -0.709. The zero-order chi connectivity index (χ0) is 14.8. The molecule has 2 aliphatic carbocycles. The largest absolute Gasteiger partial charge is 0.508 e. The molecule has 3 N–H and O–H groups in total. The lowest BCUT2D eigenvalue weighted by Crippen LogP contribution is -2.38. The van der Waals surface area contributed by atoms with Crippen molar-refractivity contribution in [2.45, 2.75) is 12.8 Å². The van der Waals surface area contributed by atoms with Crippen LogP contribution in [0, 0.1) is 17.8 Å². The van der Waals surface area contributed by atoms with Gasteiger partial charge in [0.25, 0.3) is 0 Å². The van der Waals surface area contributed by atoms with E-state index in [9.17, 15) is 14.7 Å². The van der Waals surface area contributed by atoms with E-state index < -0.39 is 11.8 Å². The maximum atomic E-state index is 11.8. The monoisotopic (exact) mass is 286 g/mol. The van der Waals surface area contributed by atoms with Crippen molar-refractivity contribution < 1.29 is 14.7 Å². The van der Waals surface area contributed by atoms with Crippen LogP contribution in [0.3, 0.4) is 0 Å². The second kappa shape index (κ2) is 5.60. The number of hydrogen-bond donors (Lipinski definition) is 3. The van der Waals surface area contributed by atoms with Crippen molar-refractivity contribution >= 4 is 17.5 Å². The van der Waals surface area contributed by atoms with Crippen molar-refractivity contribution in [3.63, 3.8) is 0 Å². The molecule has 2 bridgehead atoms. The van der Waals surface area contributed by atoms with Crippen LogP contribution in [0.2, 0.25) is 0 Å². The van der Waals surface area contributed by atoms with Crippen LogP contribution >= 0.6 is 0 Å². The van der Waals surface area contributed by atoms with E-state index in [4.69, 9.17) is 0 Å². The zero-order valence-corrected chi connectivity index (χ0v) is 11.6. The van der Waals surface area contributed by atoms with E-state index in [1.807, 2.05) is 0 Å². The lowest BCUT2D eigenvalue weighted by Gasteiger charge is -2.18. The summed E-state index contributed by atoms with van der Waals surface area (Å²) in [5.41, 5.74) is 0.401. The van der Waals surface area contributed by atoms with Crippen molar-refractivity contribution in [2.75, 3.05) is 11.9 Å². The Bertz CT molecular complexity index is 597.